The number of hydrogen-bond acceptors (Lipinski definition) is 7. The number of aromatic carboxylic acids is 1. The van der Waals surface area contributed by atoms with E-state index in [2.05, 4.69) is 25.1 Å². The third-order valence-electron chi connectivity index (χ3n) is 4.43. The summed E-state index contributed by atoms with van der Waals surface area (Å²) in [5, 5.41) is 31.1. The minimum atomic E-state index is -1.09. The third kappa shape index (κ3) is 3.27. The third-order valence-corrected chi connectivity index (χ3v) is 4.43. The molecule has 146 valence electrons. The highest BCUT2D eigenvalue weighted by Gasteiger charge is 2.20. The lowest BCUT2D eigenvalue weighted by Gasteiger charge is -2.12. The molecule has 0 saturated heterocycles. The molecule has 0 spiro atoms. The summed E-state index contributed by atoms with van der Waals surface area (Å²) >= 11 is 0. The Morgan fingerprint density at radius 3 is 2.50 bits per heavy atom. The van der Waals surface area contributed by atoms with Gasteiger partial charge in [0.25, 0.3) is 0 Å². The predicted octanol–water partition coefficient (Wildman–Crippen LogP) is 4.79. The second-order valence-corrected chi connectivity index (χ2v) is 6.20. The van der Waals surface area contributed by atoms with Crippen LogP contribution in [0.4, 0.5) is 22.7 Å². The van der Waals surface area contributed by atoms with E-state index in [1.54, 1.807) is 36.4 Å². The van der Waals surface area contributed by atoms with Crippen molar-refractivity contribution in [3.8, 4) is 11.1 Å². The van der Waals surface area contributed by atoms with E-state index in [-0.39, 0.29) is 22.3 Å². The molecule has 2 N–H and O–H groups in total. The number of aromatic nitrogens is 2. The number of nitro benzene ring substituents is 1. The maximum atomic E-state index is 11.7. The van der Waals surface area contributed by atoms with Gasteiger partial charge in [0.1, 0.15) is 0 Å². The summed E-state index contributed by atoms with van der Waals surface area (Å²) in [6.07, 6.45) is 0. The summed E-state index contributed by atoms with van der Waals surface area (Å²) in [6.45, 7) is 7.04. The molecule has 0 bridgehead atoms. The van der Waals surface area contributed by atoms with Crippen molar-refractivity contribution in [2.24, 2.45) is 0 Å². The number of nitro groups is 1. The number of anilines is 2. The number of carboxylic acid groups (broad SMARTS) is 1. The van der Waals surface area contributed by atoms with E-state index in [9.17, 15) is 20.0 Å². The fourth-order valence-corrected chi connectivity index (χ4v) is 3.02. The van der Waals surface area contributed by atoms with Crippen molar-refractivity contribution in [3.05, 3.63) is 81.7 Å². The van der Waals surface area contributed by atoms with E-state index in [1.165, 1.54) is 18.2 Å². The van der Waals surface area contributed by atoms with Crippen LogP contribution in [0, 0.1) is 16.7 Å². The molecule has 30 heavy (non-hydrogen) atoms. The summed E-state index contributed by atoms with van der Waals surface area (Å²) < 4.78 is 4.65. The number of hydrogen-bond donors (Lipinski definition) is 2. The highest BCUT2D eigenvalue weighted by atomic mass is 16.6. The summed E-state index contributed by atoms with van der Waals surface area (Å²) in [5.74, 6) is -1.09. The van der Waals surface area contributed by atoms with E-state index < -0.39 is 10.9 Å². The van der Waals surface area contributed by atoms with E-state index in [0.29, 0.717) is 28.2 Å². The van der Waals surface area contributed by atoms with Gasteiger partial charge in [0.05, 0.1) is 22.7 Å². The van der Waals surface area contributed by atoms with Crippen molar-refractivity contribution in [3.63, 3.8) is 0 Å². The molecular formula is C20H11N5O5. The Bertz CT molecular complexity index is 1340. The van der Waals surface area contributed by atoms with Crippen LogP contribution in [0.25, 0.3) is 27.0 Å². The van der Waals surface area contributed by atoms with Gasteiger partial charge < -0.3 is 10.4 Å². The van der Waals surface area contributed by atoms with Gasteiger partial charge in [-0.2, -0.15) is 0 Å². The predicted molar refractivity (Wildman–Crippen MR) is 107 cm³/mol. The summed E-state index contributed by atoms with van der Waals surface area (Å²) in [6, 6.07) is 14.0. The summed E-state index contributed by atoms with van der Waals surface area (Å²) in [5.41, 5.74) is 2.48. The quantitative estimate of drug-likeness (QED) is 0.277. The standard InChI is InChI=1S/C20H11N5O5/c1-21-12-4-2-11(3-5-12)15-10-13(6-7-14(15)20(26)27)22-16-8-9-17(25(28)29)19-18(16)23-30-24-19/h2-10,22H,(H,26,27). The van der Waals surface area contributed by atoms with Crippen LogP contribution in [0.5, 0.6) is 0 Å². The lowest BCUT2D eigenvalue weighted by atomic mass is 9.98. The van der Waals surface area contributed by atoms with Crippen molar-refractivity contribution in [2.45, 2.75) is 0 Å². The molecule has 0 amide bonds. The molecule has 1 aromatic heterocycles. The highest BCUT2D eigenvalue weighted by molar-refractivity contribution is 5.98. The van der Waals surface area contributed by atoms with Gasteiger partial charge in [-0.1, -0.05) is 24.3 Å². The van der Waals surface area contributed by atoms with Crippen LogP contribution < -0.4 is 5.32 Å². The fourth-order valence-electron chi connectivity index (χ4n) is 3.02. The monoisotopic (exact) mass is 401 g/mol. The van der Waals surface area contributed by atoms with Crippen LogP contribution in [0.2, 0.25) is 0 Å². The smallest absolute Gasteiger partial charge is 0.336 e. The molecule has 0 aliphatic rings. The van der Waals surface area contributed by atoms with Crippen molar-refractivity contribution < 1.29 is 19.5 Å². The minimum Gasteiger partial charge on any atom is -0.478 e. The average molecular weight is 401 g/mol. The summed E-state index contributed by atoms with van der Waals surface area (Å²) in [4.78, 5) is 25.5. The molecule has 10 nitrogen and oxygen atoms in total. The van der Waals surface area contributed by atoms with Crippen molar-refractivity contribution in [1.82, 2.24) is 10.3 Å². The molecule has 0 saturated carbocycles. The van der Waals surface area contributed by atoms with Gasteiger partial charge in [0, 0.05) is 11.8 Å². The topological polar surface area (TPSA) is 136 Å². The lowest BCUT2D eigenvalue weighted by Crippen LogP contribution is -2.01. The molecule has 0 aliphatic heterocycles. The zero-order chi connectivity index (χ0) is 21.3. The van der Waals surface area contributed by atoms with Crippen molar-refractivity contribution in [2.75, 3.05) is 5.32 Å². The first-order valence-electron chi connectivity index (χ1n) is 8.50. The Kier molecular flexibility index (Phi) is 4.54. The van der Waals surface area contributed by atoms with E-state index in [0.717, 1.165) is 0 Å². The molecule has 0 unspecified atom stereocenters. The fraction of sp³-hybridized carbons (Fsp3) is 0. The largest absolute Gasteiger partial charge is 0.478 e. The molecule has 4 aromatic rings. The zero-order valence-electron chi connectivity index (χ0n) is 15.1. The highest BCUT2D eigenvalue weighted by Crippen LogP contribution is 2.33. The Balaban J connectivity index is 1.78. The van der Waals surface area contributed by atoms with E-state index in [4.69, 9.17) is 6.57 Å². The Morgan fingerprint density at radius 2 is 1.83 bits per heavy atom. The minimum absolute atomic E-state index is 0.00196. The zero-order valence-corrected chi connectivity index (χ0v) is 15.1. The number of non-ortho nitro benzene ring substituents is 1. The van der Waals surface area contributed by atoms with Gasteiger partial charge in [-0.05, 0) is 45.7 Å². The maximum Gasteiger partial charge on any atom is 0.336 e. The van der Waals surface area contributed by atoms with Crippen molar-refractivity contribution >= 4 is 39.8 Å². The molecule has 1 heterocycles. The van der Waals surface area contributed by atoms with Gasteiger partial charge in [0.2, 0.25) is 5.52 Å². The van der Waals surface area contributed by atoms with Gasteiger partial charge in [-0.15, -0.1) is 0 Å². The number of carbonyl (C=O) groups is 1. The maximum absolute atomic E-state index is 11.7. The second-order valence-electron chi connectivity index (χ2n) is 6.20. The number of fused-ring (bicyclic) bond motifs is 1. The SMILES string of the molecule is [C-]#[N+]c1ccc(-c2cc(Nc3ccc([N+](=O)[O-])c4nonc34)ccc2C(=O)O)cc1. The average Bonchev–Trinajstić information content (AvgIpc) is 3.24. The lowest BCUT2D eigenvalue weighted by molar-refractivity contribution is -0.383. The Hall–Kier alpha value is -4.78. The van der Waals surface area contributed by atoms with Gasteiger partial charge in [0.15, 0.2) is 11.2 Å². The van der Waals surface area contributed by atoms with Crippen LogP contribution in [0.1, 0.15) is 10.4 Å². The second kappa shape index (κ2) is 7.33. The van der Waals surface area contributed by atoms with Crippen LogP contribution in [-0.2, 0) is 0 Å². The van der Waals surface area contributed by atoms with Crippen LogP contribution in [0.3, 0.4) is 0 Å². The number of nitrogens with zero attached hydrogens (tertiary/aromatic N) is 4. The number of benzene rings is 3. The number of nitrogens with one attached hydrogen (secondary N) is 1. The molecule has 4 rings (SSSR count). The molecule has 0 radical (unpaired) electrons. The normalized spacial score (nSPS) is 10.5. The van der Waals surface area contributed by atoms with Crippen LogP contribution in [-0.4, -0.2) is 26.3 Å². The van der Waals surface area contributed by atoms with Gasteiger partial charge >= 0.3 is 11.7 Å². The van der Waals surface area contributed by atoms with E-state index in [1.807, 2.05) is 0 Å². The van der Waals surface area contributed by atoms with Crippen LogP contribution >= 0.6 is 0 Å². The molecule has 0 atom stereocenters. The number of rotatable bonds is 5. The molecule has 0 fully saturated rings. The molecule has 10 heteroatoms. The molecule has 3 aromatic carbocycles. The van der Waals surface area contributed by atoms with E-state index >= 15 is 0 Å². The van der Waals surface area contributed by atoms with Gasteiger partial charge in [-0.3, -0.25) is 10.1 Å². The Labute approximate surface area is 168 Å². The first kappa shape index (κ1) is 18.6. The molecular weight excluding hydrogens is 390 g/mol. The molecule has 0 aliphatic carbocycles. The first-order chi connectivity index (χ1) is 14.5. The number of carboxylic acids is 1. The van der Waals surface area contributed by atoms with Crippen molar-refractivity contribution in [1.29, 1.82) is 0 Å². The first-order valence-corrected chi connectivity index (χ1v) is 8.50. The van der Waals surface area contributed by atoms with Gasteiger partial charge in [-0.25, -0.2) is 14.3 Å². The van der Waals surface area contributed by atoms with Crippen LogP contribution in [0.15, 0.2) is 59.2 Å². The Morgan fingerprint density at radius 1 is 1.10 bits per heavy atom. The summed E-state index contributed by atoms with van der Waals surface area (Å²) in [7, 11) is 0.